The molecule has 114 valence electrons. The minimum atomic E-state index is 0.509. The number of rotatable bonds is 10. The summed E-state index contributed by atoms with van der Waals surface area (Å²) in [5.74, 6) is 0. The summed E-state index contributed by atoms with van der Waals surface area (Å²) >= 11 is 3.61. The second-order valence-corrected chi connectivity index (χ2v) is 5.96. The Bertz CT molecular complexity index is 373. The molecule has 0 aliphatic heterocycles. The van der Waals surface area contributed by atoms with E-state index in [1.54, 1.807) is 0 Å². The lowest BCUT2D eigenvalue weighted by molar-refractivity contribution is 0.144. The summed E-state index contributed by atoms with van der Waals surface area (Å²) in [7, 11) is 2.17. The summed E-state index contributed by atoms with van der Waals surface area (Å²) in [6, 6.07) is 8.92. The van der Waals surface area contributed by atoms with Crippen LogP contribution >= 0.6 is 15.9 Å². The summed E-state index contributed by atoms with van der Waals surface area (Å²) in [5.41, 5.74) is 1.33. The van der Waals surface area contributed by atoms with Crippen LogP contribution in [-0.2, 0) is 11.3 Å². The fourth-order valence-electron chi connectivity index (χ4n) is 1.96. The zero-order chi connectivity index (χ0) is 14.8. The van der Waals surface area contributed by atoms with Crippen LogP contribution in [0, 0.1) is 0 Å². The second-order valence-electron chi connectivity index (χ2n) is 5.11. The molecule has 0 aliphatic carbocycles. The normalized spacial score (nSPS) is 12.8. The van der Waals surface area contributed by atoms with Crippen molar-refractivity contribution in [2.24, 2.45) is 0 Å². The Kier molecular flexibility index (Phi) is 9.10. The summed E-state index contributed by atoms with van der Waals surface area (Å²) in [6.07, 6.45) is 1.08. The molecule has 1 aromatic carbocycles. The number of hydrogen-bond acceptors (Lipinski definition) is 3. The third kappa shape index (κ3) is 6.84. The largest absolute Gasteiger partial charge is 0.382 e. The lowest BCUT2D eigenvalue weighted by atomic mass is 10.2. The van der Waals surface area contributed by atoms with E-state index in [9.17, 15) is 0 Å². The van der Waals surface area contributed by atoms with E-state index in [0.29, 0.717) is 6.04 Å². The van der Waals surface area contributed by atoms with Gasteiger partial charge in [-0.25, -0.2) is 0 Å². The van der Waals surface area contributed by atoms with E-state index in [-0.39, 0.29) is 0 Å². The third-order valence-electron chi connectivity index (χ3n) is 3.42. The van der Waals surface area contributed by atoms with Crippen molar-refractivity contribution in [2.45, 2.75) is 32.9 Å². The predicted molar refractivity (Wildman–Crippen MR) is 89.1 cm³/mol. The molecule has 0 amide bonds. The van der Waals surface area contributed by atoms with Crippen molar-refractivity contribution in [1.29, 1.82) is 0 Å². The molecule has 0 spiro atoms. The van der Waals surface area contributed by atoms with Gasteiger partial charge in [0.05, 0.1) is 0 Å². The average molecular weight is 343 g/mol. The van der Waals surface area contributed by atoms with Gasteiger partial charge in [0.15, 0.2) is 0 Å². The molecular formula is C16H27BrN2O. The fraction of sp³-hybridized carbons (Fsp3) is 0.625. The smallest absolute Gasteiger partial charge is 0.0477 e. The van der Waals surface area contributed by atoms with E-state index in [1.165, 1.54) is 10.0 Å². The number of nitrogens with zero attached hydrogens (tertiary/aromatic N) is 1. The first-order chi connectivity index (χ1) is 9.65. The van der Waals surface area contributed by atoms with Crippen molar-refractivity contribution in [2.75, 3.05) is 33.4 Å². The Morgan fingerprint density at radius 1 is 1.35 bits per heavy atom. The monoisotopic (exact) mass is 342 g/mol. The highest BCUT2D eigenvalue weighted by molar-refractivity contribution is 9.10. The van der Waals surface area contributed by atoms with E-state index >= 15 is 0 Å². The molecule has 0 saturated carbocycles. The van der Waals surface area contributed by atoms with Crippen molar-refractivity contribution in [3.63, 3.8) is 0 Å². The Hall–Kier alpha value is -0.420. The number of likely N-dealkylation sites (N-methyl/N-ethyl adjacent to an activating group) is 1. The summed E-state index contributed by atoms with van der Waals surface area (Å²) in [6.45, 7) is 8.94. The highest BCUT2D eigenvalue weighted by Crippen LogP contribution is 2.17. The molecule has 1 N–H and O–H groups in total. The average Bonchev–Trinajstić information content (AvgIpc) is 2.44. The molecule has 1 unspecified atom stereocenters. The van der Waals surface area contributed by atoms with E-state index in [0.717, 1.165) is 39.3 Å². The standard InChI is InChI=1S/C16H27BrN2O/c1-4-20-11-7-10-18-12-14(2)19(3)13-15-8-5-6-9-16(15)17/h5-6,8-9,14,18H,4,7,10-13H2,1-3H3. The van der Waals surface area contributed by atoms with E-state index < -0.39 is 0 Å². The first-order valence-corrected chi connectivity index (χ1v) is 8.16. The maximum absolute atomic E-state index is 5.32. The van der Waals surface area contributed by atoms with Gasteiger partial charge in [-0.2, -0.15) is 0 Å². The third-order valence-corrected chi connectivity index (χ3v) is 4.19. The van der Waals surface area contributed by atoms with Crippen molar-refractivity contribution in [3.05, 3.63) is 34.3 Å². The molecule has 0 radical (unpaired) electrons. The molecule has 1 atom stereocenters. The predicted octanol–water partition coefficient (Wildman–Crippen LogP) is 3.29. The molecule has 1 rings (SSSR count). The number of nitrogens with one attached hydrogen (secondary N) is 1. The van der Waals surface area contributed by atoms with E-state index in [4.69, 9.17) is 4.74 Å². The number of benzene rings is 1. The van der Waals surface area contributed by atoms with E-state index in [2.05, 4.69) is 64.4 Å². The number of ether oxygens (including phenoxy) is 1. The fourth-order valence-corrected chi connectivity index (χ4v) is 2.37. The van der Waals surface area contributed by atoms with Gasteiger partial charge in [-0.05, 0) is 45.5 Å². The molecule has 0 saturated heterocycles. The molecule has 0 aliphatic rings. The van der Waals surface area contributed by atoms with Crippen LogP contribution in [0.1, 0.15) is 25.8 Å². The van der Waals surface area contributed by atoms with Crippen LogP contribution in [0.4, 0.5) is 0 Å². The molecule has 4 heteroatoms. The topological polar surface area (TPSA) is 24.5 Å². The van der Waals surface area contributed by atoms with Gasteiger partial charge in [-0.3, -0.25) is 4.90 Å². The van der Waals surface area contributed by atoms with Crippen LogP contribution in [0.5, 0.6) is 0 Å². The second kappa shape index (κ2) is 10.3. The molecule has 0 bridgehead atoms. The molecule has 1 aromatic rings. The molecule has 0 heterocycles. The van der Waals surface area contributed by atoms with Gasteiger partial charge in [0.25, 0.3) is 0 Å². The Balaban J connectivity index is 2.22. The number of halogens is 1. The minimum absolute atomic E-state index is 0.509. The number of hydrogen-bond donors (Lipinski definition) is 1. The van der Waals surface area contributed by atoms with Crippen molar-refractivity contribution < 1.29 is 4.74 Å². The first-order valence-electron chi connectivity index (χ1n) is 7.37. The summed E-state index contributed by atoms with van der Waals surface area (Å²) in [4.78, 5) is 2.37. The van der Waals surface area contributed by atoms with Gasteiger partial charge < -0.3 is 10.1 Å². The lowest BCUT2D eigenvalue weighted by Gasteiger charge is -2.25. The Morgan fingerprint density at radius 3 is 2.80 bits per heavy atom. The van der Waals surface area contributed by atoms with Gasteiger partial charge in [0, 0.05) is 36.8 Å². The quantitative estimate of drug-likeness (QED) is 0.660. The zero-order valence-electron chi connectivity index (χ0n) is 12.9. The van der Waals surface area contributed by atoms with Crippen LogP contribution in [0.25, 0.3) is 0 Å². The molecule has 3 nitrogen and oxygen atoms in total. The highest BCUT2D eigenvalue weighted by atomic mass is 79.9. The van der Waals surface area contributed by atoms with Crippen LogP contribution in [0.3, 0.4) is 0 Å². The maximum atomic E-state index is 5.32. The summed E-state index contributed by atoms with van der Waals surface area (Å²) in [5, 5.41) is 3.49. The van der Waals surface area contributed by atoms with Gasteiger partial charge in [0.2, 0.25) is 0 Å². The van der Waals surface area contributed by atoms with Gasteiger partial charge >= 0.3 is 0 Å². The van der Waals surface area contributed by atoms with Crippen LogP contribution < -0.4 is 5.32 Å². The van der Waals surface area contributed by atoms with Gasteiger partial charge in [-0.1, -0.05) is 34.1 Å². The lowest BCUT2D eigenvalue weighted by Crippen LogP contribution is -2.38. The zero-order valence-corrected chi connectivity index (χ0v) is 14.4. The van der Waals surface area contributed by atoms with Crippen LogP contribution in [-0.4, -0.2) is 44.3 Å². The van der Waals surface area contributed by atoms with Crippen molar-refractivity contribution in [1.82, 2.24) is 10.2 Å². The van der Waals surface area contributed by atoms with Crippen LogP contribution in [0.15, 0.2) is 28.7 Å². The highest BCUT2D eigenvalue weighted by Gasteiger charge is 2.10. The molecule has 0 fully saturated rings. The van der Waals surface area contributed by atoms with Gasteiger partial charge in [0.1, 0.15) is 0 Å². The van der Waals surface area contributed by atoms with E-state index in [1.807, 2.05) is 6.92 Å². The minimum Gasteiger partial charge on any atom is -0.382 e. The van der Waals surface area contributed by atoms with Crippen molar-refractivity contribution >= 4 is 15.9 Å². The Labute approximate surface area is 131 Å². The molecular weight excluding hydrogens is 316 g/mol. The maximum Gasteiger partial charge on any atom is 0.0477 e. The van der Waals surface area contributed by atoms with Crippen molar-refractivity contribution in [3.8, 4) is 0 Å². The molecule has 20 heavy (non-hydrogen) atoms. The summed E-state index contributed by atoms with van der Waals surface area (Å²) < 4.78 is 6.51. The first kappa shape index (κ1) is 17.6. The SMILES string of the molecule is CCOCCCNCC(C)N(C)Cc1ccccc1Br. The Morgan fingerprint density at radius 2 is 2.10 bits per heavy atom. The van der Waals surface area contributed by atoms with Crippen LogP contribution in [0.2, 0.25) is 0 Å². The molecule has 0 aromatic heterocycles. The van der Waals surface area contributed by atoms with Gasteiger partial charge in [-0.15, -0.1) is 0 Å².